The molecule has 2 aliphatic carbocycles. The third-order valence-corrected chi connectivity index (χ3v) is 5.55. The standard InChI is InChI=1S/C12H16Cl3NO2/c13-6-12(14,15)18-11(17)16-9-2-7-1-8(4-9)5-10(16)3-7/h7-10H,1-6H2. The largest absolute Gasteiger partial charge is 0.412 e. The summed E-state index contributed by atoms with van der Waals surface area (Å²) in [5.74, 6) is 1.46. The molecule has 0 radical (unpaired) electrons. The van der Waals surface area contributed by atoms with Gasteiger partial charge < -0.3 is 9.64 Å². The van der Waals surface area contributed by atoms with Gasteiger partial charge in [-0.3, -0.25) is 0 Å². The molecule has 18 heavy (non-hydrogen) atoms. The molecular formula is C12H16Cl3NO2. The molecule has 0 spiro atoms. The number of nitrogens with zero attached hydrogens (tertiary/aromatic N) is 1. The maximum Gasteiger partial charge on any atom is 0.412 e. The van der Waals surface area contributed by atoms with Gasteiger partial charge in [-0.15, -0.1) is 11.6 Å². The molecule has 4 aliphatic rings. The van der Waals surface area contributed by atoms with Crippen LogP contribution in [0.4, 0.5) is 4.79 Å². The van der Waals surface area contributed by atoms with Crippen molar-refractivity contribution in [1.82, 2.24) is 4.90 Å². The molecule has 0 aromatic rings. The first-order valence-corrected chi connectivity index (χ1v) is 7.72. The number of ether oxygens (including phenoxy) is 1. The number of alkyl halides is 3. The van der Waals surface area contributed by atoms with E-state index in [2.05, 4.69) is 0 Å². The first-order chi connectivity index (χ1) is 8.48. The van der Waals surface area contributed by atoms with E-state index in [0.29, 0.717) is 12.1 Å². The first kappa shape index (κ1) is 13.1. The second-order valence-electron chi connectivity index (χ2n) is 5.76. The number of hydrogen-bond acceptors (Lipinski definition) is 2. The molecule has 4 rings (SSSR count). The van der Waals surface area contributed by atoms with Gasteiger partial charge in [-0.25, -0.2) is 4.79 Å². The molecule has 6 heteroatoms. The minimum Gasteiger partial charge on any atom is -0.411 e. The molecule has 1 amide bonds. The number of rotatable bonds is 2. The van der Waals surface area contributed by atoms with Gasteiger partial charge in [0.15, 0.2) is 0 Å². The third-order valence-electron chi connectivity index (χ3n) is 4.48. The van der Waals surface area contributed by atoms with E-state index in [4.69, 9.17) is 39.5 Å². The summed E-state index contributed by atoms with van der Waals surface area (Å²) < 4.78 is 3.48. The highest BCUT2D eigenvalue weighted by atomic mass is 35.5. The van der Waals surface area contributed by atoms with Crippen LogP contribution < -0.4 is 0 Å². The number of piperidine rings is 2. The Morgan fingerprint density at radius 1 is 1.11 bits per heavy atom. The number of carbonyl (C=O) groups is 1. The Bertz CT molecular complexity index is 333. The SMILES string of the molecule is O=C(OC(Cl)(Cl)CCl)N1C2CC3CC(C2)CC1C3. The quantitative estimate of drug-likeness (QED) is 0.727. The fourth-order valence-electron chi connectivity index (χ4n) is 4.04. The van der Waals surface area contributed by atoms with Crippen molar-refractivity contribution in [2.24, 2.45) is 11.8 Å². The van der Waals surface area contributed by atoms with Gasteiger partial charge in [0.1, 0.15) is 0 Å². The second kappa shape index (κ2) is 4.60. The highest BCUT2D eigenvalue weighted by molar-refractivity contribution is 6.50. The highest BCUT2D eigenvalue weighted by Crippen LogP contribution is 2.49. The number of halogens is 3. The molecule has 4 bridgehead atoms. The zero-order chi connectivity index (χ0) is 12.9. The fraction of sp³-hybridized carbons (Fsp3) is 0.917. The van der Waals surface area contributed by atoms with Crippen molar-refractivity contribution in [2.45, 2.75) is 48.7 Å². The average molecular weight is 313 g/mol. The lowest BCUT2D eigenvalue weighted by Gasteiger charge is -2.55. The smallest absolute Gasteiger partial charge is 0.411 e. The van der Waals surface area contributed by atoms with Crippen LogP contribution in [-0.2, 0) is 4.74 Å². The molecule has 0 unspecified atom stereocenters. The van der Waals surface area contributed by atoms with Crippen LogP contribution in [0.5, 0.6) is 0 Å². The molecule has 0 aromatic heterocycles. The number of hydrogen-bond donors (Lipinski definition) is 0. The van der Waals surface area contributed by atoms with Gasteiger partial charge in [-0.2, -0.15) is 0 Å². The molecule has 2 aliphatic heterocycles. The Labute approximate surface area is 122 Å². The van der Waals surface area contributed by atoms with E-state index in [1.165, 1.54) is 6.42 Å². The third kappa shape index (κ3) is 2.30. The Kier molecular flexibility index (Phi) is 3.36. The maximum atomic E-state index is 12.2. The van der Waals surface area contributed by atoms with Crippen molar-refractivity contribution >= 4 is 40.9 Å². The minimum atomic E-state index is -1.62. The molecule has 2 heterocycles. The second-order valence-corrected chi connectivity index (χ2v) is 7.45. The summed E-state index contributed by atoms with van der Waals surface area (Å²) in [5, 5.41) is 0. The molecule has 4 fully saturated rings. The van der Waals surface area contributed by atoms with Gasteiger partial charge >= 0.3 is 6.09 Å². The van der Waals surface area contributed by atoms with E-state index in [0.717, 1.165) is 37.5 Å². The minimum absolute atomic E-state index is 0.129. The predicted molar refractivity (Wildman–Crippen MR) is 71.1 cm³/mol. The summed E-state index contributed by atoms with van der Waals surface area (Å²) in [7, 11) is 0. The van der Waals surface area contributed by atoms with Crippen LogP contribution in [0.1, 0.15) is 32.1 Å². The summed E-state index contributed by atoms with van der Waals surface area (Å²) in [4.78, 5) is 14.0. The van der Waals surface area contributed by atoms with E-state index in [9.17, 15) is 4.79 Å². The molecule has 3 nitrogen and oxygen atoms in total. The molecule has 0 aromatic carbocycles. The van der Waals surface area contributed by atoms with Gasteiger partial charge in [0.2, 0.25) is 0 Å². The van der Waals surface area contributed by atoms with Crippen LogP contribution in [0, 0.1) is 11.8 Å². The van der Waals surface area contributed by atoms with Gasteiger partial charge in [-0.1, -0.05) is 23.2 Å². The summed E-state index contributed by atoms with van der Waals surface area (Å²) in [6.07, 6.45) is 5.32. The molecule has 2 saturated heterocycles. The Morgan fingerprint density at radius 3 is 2.06 bits per heavy atom. The topological polar surface area (TPSA) is 29.5 Å². The van der Waals surface area contributed by atoms with Crippen molar-refractivity contribution in [3.63, 3.8) is 0 Å². The molecule has 0 atom stereocenters. The van der Waals surface area contributed by atoms with Gasteiger partial charge in [0.25, 0.3) is 4.52 Å². The zero-order valence-corrected chi connectivity index (χ0v) is 12.2. The molecular weight excluding hydrogens is 296 g/mol. The number of carbonyl (C=O) groups excluding carboxylic acids is 1. The normalized spacial score (nSPS) is 38.1. The molecule has 0 N–H and O–H groups in total. The summed E-state index contributed by atoms with van der Waals surface area (Å²) >= 11 is 17.2. The van der Waals surface area contributed by atoms with E-state index in [1.54, 1.807) is 0 Å². The average Bonchev–Trinajstić information content (AvgIpc) is 2.26. The van der Waals surface area contributed by atoms with Gasteiger partial charge in [0.05, 0.1) is 5.88 Å². The Hall–Kier alpha value is 0.140. The molecule has 2 saturated carbocycles. The molecule has 102 valence electrons. The summed E-state index contributed by atoms with van der Waals surface area (Å²) in [5.41, 5.74) is 0. The summed E-state index contributed by atoms with van der Waals surface area (Å²) in [6, 6.07) is 0.626. The van der Waals surface area contributed by atoms with Gasteiger partial charge in [0, 0.05) is 12.1 Å². The van der Waals surface area contributed by atoms with E-state index in [-0.39, 0.29) is 5.88 Å². The van der Waals surface area contributed by atoms with E-state index in [1.807, 2.05) is 4.90 Å². The van der Waals surface area contributed by atoms with E-state index < -0.39 is 10.6 Å². The van der Waals surface area contributed by atoms with Crippen molar-refractivity contribution in [3.05, 3.63) is 0 Å². The zero-order valence-electron chi connectivity index (χ0n) is 9.95. The van der Waals surface area contributed by atoms with Crippen molar-refractivity contribution in [3.8, 4) is 0 Å². The monoisotopic (exact) mass is 311 g/mol. The van der Waals surface area contributed by atoms with Crippen LogP contribution in [0.3, 0.4) is 0 Å². The Morgan fingerprint density at radius 2 is 1.61 bits per heavy atom. The highest BCUT2D eigenvalue weighted by Gasteiger charge is 2.50. The van der Waals surface area contributed by atoms with Crippen LogP contribution in [0.25, 0.3) is 0 Å². The lowest BCUT2D eigenvalue weighted by molar-refractivity contribution is -0.0550. The van der Waals surface area contributed by atoms with Crippen molar-refractivity contribution in [1.29, 1.82) is 0 Å². The Balaban J connectivity index is 1.71. The van der Waals surface area contributed by atoms with Crippen molar-refractivity contribution < 1.29 is 9.53 Å². The van der Waals surface area contributed by atoms with Crippen LogP contribution in [0.2, 0.25) is 0 Å². The fourth-order valence-corrected chi connectivity index (χ4v) is 4.23. The predicted octanol–water partition coefficient (Wildman–Crippen LogP) is 3.76. The van der Waals surface area contributed by atoms with Crippen LogP contribution in [0.15, 0.2) is 0 Å². The van der Waals surface area contributed by atoms with Crippen molar-refractivity contribution in [2.75, 3.05) is 5.88 Å². The van der Waals surface area contributed by atoms with Crippen LogP contribution >= 0.6 is 34.8 Å². The lowest BCUT2D eigenvalue weighted by atomic mass is 9.64. The number of amides is 1. The first-order valence-electron chi connectivity index (χ1n) is 6.43. The van der Waals surface area contributed by atoms with Crippen LogP contribution in [-0.4, -0.2) is 33.5 Å². The summed E-state index contributed by atoms with van der Waals surface area (Å²) in [6.45, 7) is 0. The van der Waals surface area contributed by atoms with Gasteiger partial charge in [-0.05, 0) is 43.9 Å². The maximum absolute atomic E-state index is 12.2. The lowest BCUT2D eigenvalue weighted by Crippen LogP contribution is -2.60. The van der Waals surface area contributed by atoms with E-state index >= 15 is 0 Å².